The normalized spacial score (nSPS) is 37.0. The van der Waals surface area contributed by atoms with Gasteiger partial charge in [-0.2, -0.15) is 0 Å². The second-order valence-electron chi connectivity index (χ2n) is 8.10. The van der Waals surface area contributed by atoms with E-state index in [0.29, 0.717) is 16.7 Å². The molecule has 118 valence electrons. The first-order valence-corrected chi connectivity index (χ1v) is 8.70. The van der Waals surface area contributed by atoms with Crippen LogP contribution in [0.1, 0.15) is 55.8 Å². The molecular weight excluding hydrogens is 272 g/mol. The van der Waals surface area contributed by atoms with E-state index in [9.17, 15) is 4.79 Å². The molecule has 0 spiro atoms. The van der Waals surface area contributed by atoms with Crippen molar-refractivity contribution in [2.45, 2.75) is 51.5 Å². The van der Waals surface area contributed by atoms with Crippen molar-refractivity contribution < 1.29 is 4.79 Å². The van der Waals surface area contributed by atoms with Gasteiger partial charge in [0.1, 0.15) is 0 Å². The molecule has 3 nitrogen and oxygen atoms in total. The highest BCUT2D eigenvalue weighted by Gasteiger charge is 2.53. The Morgan fingerprint density at radius 2 is 1.59 bits per heavy atom. The first-order valence-electron chi connectivity index (χ1n) is 8.70. The molecule has 1 aromatic rings. The first-order chi connectivity index (χ1) is 10.5. The molecule has 3 N–H and O–H groups in total. The SMILES string of the molecule is CC(NC(=O)c1ccc(N)cc1)C12CC3CC(CC(C3)C1)C2. The molecule has 0 heterocycles. The van der Waals surface area contributed by atoms with Crippen molar-refractivity contribution in [2.24, 2.45) is 23.2 Å². The number of nitrogens with one attached hydrogen (secondary N) is 1. The topological polar surface area (TPSA) is 55.1 Å². The van der Waals surface area contributed by atoms with Crippen LogP contribution in [-0.2, 0) is 0 Å². The van der Waals surface area contributed by atoms with Crippen LogP contribution in [0.25, 0.3) is 0 Å². The second kappa shape index (κ2) is 5.00. The molecule has 4 bridgehead atoms. The molecule has 1 atom stereocenters. The molecule has 4 fully saturated rings. The predicted octanol–water partition coefficient (Wildman–Crippen LogP) is 3.60. The highest BCUT2D eigenvalue weighted by Crippen LogP contribution is 2.61. The van der Waals surface area contributed by atoms with Gasteiger partial charge in [-0.25, -0.2) is 0 Å². The number of hydrogen-bond donors (Lipinski definition) is 2. The molecular formula is C19H26N2O. The lowest BCUT2D eigenvalue weighted by molar-refractivity contribution is -0.0688. The van der Waals surface area contributed by atoms with Crippen LogP contribution in [0.5, 0.6) is 0 Å². The third kappa shape index (κ3) is 2.31. The lowest BCUT2D eigenvalue weighted by Crippen LogP contribution is -2.55. The number of benzene rings is 1. The molecule has 0 aromatic heterocycles. The number of amides is 1. The minimum absolute atomic E-state index is 0.0447. The highest BCUT2D eigenvalue weighted by atomic mass is 16.1. The summed E-state index contributed by atoms with van der Waals surface area (Å²) in [6.45, 7) is 2.22. The molecule has 4 aliphatic rings. The van der Waals surface area contributed by atoms with Gasteiger partial charge in [0, 0.05) is 17.3 Å². The van der Waals surface area contributed by atoms with Crippen LogP contribution in [0.15, 0.2) is 24.3 Å². The Morgan fingerprint density at radius 1 is 1.09 bits per heavy atom. The Morgan fingerprint density at radius 3 is 2.09 bits per heavy atom. The molecule has 4 aliphatic carbocycles. The van der Waals surface area contributed by atoms with Gasteiger partial charge >= 0.3 is 0 Å². The van der Waals surface area contributed by atoms with E-state index in [1.807, 2.05) is 12.1 Å². The Kier molecular flexibility index (Phi) is 3.21. The fourth-order valence-electron chi connectivity index (χ4n) is 5.78. The number of rotatable bonds is 3. The van der Waals surface area contributed by atoms with Crippen LogP contribution in [0.2, 0.25) is 0 Å². The molecule has 1 aromatic carbocycles. The van der Waals surface area contributed by atoms with Crippen molar-refractivity contribution in [2.75, 3.05) is 5.73 Å². The second-order valence-corrected chi connectivity index (χ2v) is 8.10. The van der Waals surface area contributed by atoms with Gasteiger partial charge in [0.25, 0.3) is 5.91 Å². The lowest BCUT2D eigenvalue weighted by Gasteiger charge is -2.59. The number of carbonyl (C=O) groups excluding carboxylic acids is 1. The third-order valence-corrected chi connectivity index (χ3v) is 6.52. The standard InChI is InChI=1S/C19H26N2O/c1-12(21-18(22)16-2-4-17(20)5-3-16)19-9-13-6-14(10-19)8-15(7-13)11-19/h2-5,12-15H,6-11,20H2,1H3,(H,21,22). The number of nitrogens with two attached hydrogens (primary N) is 1. The van der Waals surface area contributed by atoms with Gasteiger partial charge in [-0.15, -0.1) is 0 Å². The lowest BCUT2D eigenvalue weighted by atomic mass is 9.48. The van der Waals surface area contributed by atoms with Crippen molar-refractivity contribution in [3.63, 3.8) is 0 Å². The van der Waals surface area contributed by atoms with Gasteiger partial charge in [0.05, 0.1) is 0 Å². The molecule has 1 unspecified atom stereocenters. The Balaban J connectivity index is 1.49. The average Bonchev–Trinajstić information content (AvgIpc) is 2.46. The Labute approximate surface area is 132 Å². The van der Waals surface area contributed by atoms with Crippen molar-refractivity contribution in [1.29, 1.82) is 0 Å². The van der Waals surface area contributed by atoms with Crippen LogP contribution in [0.3, 0.4) is 0 Å². The van der Waals surface area contributed by atoms with E-state index in [1.165, 1.54) is 38.5 Å². The fraction of sp³-hybridized carbons (Fsp3) is 0.632. The average molecular weight is 298 g/mol. The summed E-state index contributed by atoms with van der Waals surface area (Å²) in [4.78, 5) is 12.5. The Hall–Kier alpha value is -1.51. The maximum Gasteiger partial charge on any atom is 0.251 e. The van der Waals surface area contributed by atoms with Crippen LogP contribution in [0, 0.1) is 23.2 Å². The molecule has 4 saturated carbocycles. The molecule has 5 rings (SSSR count). The zero-order valence-electron chi connectivity index (χ0n) is 13.3. The largest absolute Gasteiger partial charge is 0.399 e. The zero-order valence-corrected chi connectivity index (χ0v) is 13.3. The fourth-order valence-corrected chi connectivity index (χ4v) is 5.78. The van der Waals surface area contributed by atoms with Gasteiger partial charge in [0.2, 0.25) is 0 Å². The van der Waals surface area contributed by atoms with Crippen LogP contribution >= 0.6 is 0 Å². The minimum atomic E-state index is 0.0447. The molecule has 0 aliphatic heterocycles. The predicted molar refractivity (Wildman–Crippen MR) is 88.4 cm³/mol. The van der Waals surface area contributed by atoms with E-state index in [2.05, 4.69) is 12.2 Å². The van der Waals surface area contributed by atoms with Gasteiger partial charge in [0.15, 0.2) is 0 Å². The van der Waals surface area contributed by atoms with Crippen LogP contribution < -0.4 is 11.1 Å². The van der Waals surface area contributed by atoms with E-state index in [-0.39, 0.29) is 11.9 Å². The van der Waals surface area contributed by atoms with Crippen molar-refractivity contribution >= 4 is 11.6 Å². The summed E-state index contributed by atoms with van der Waals surface area (Å²) in [5.74, 6) is 2.80. The summed E-state index contributed by atoms with van der Waals surface area (Å²) in [5, 5.41) is 3.29. The number of hydrogen-bond acceptors (Lipinski definition) is 2. The van der Waals surface area contributed by atoms with Gasteiger partial charge in [-0.05, 0) is 92.9 Å². The number of anilines is 1. The van der Waals surface area contributed by atoms with Crippen LogP contribution in [-0.4, -0.2) is 11.9 Å². The van der Waals surface area contributed by atoms with Gasteiger partial charge in [-0.1, -0.05) is 0 Å². The highest BCUT2D eigenvalue weighted by molar-refractivity contribution is 5.94. The summed E-state index contributed by atoms with van der Waals surface area (Å²) in [5.41, 5.74) is 7.47. The minimum Gasteiger partial charge on any atom is -0.399 e. The molecule has 0 saturated heterocycles. The Bertz CT molecular complexity index is 542. The monoisotopic (exact) mass is 298 g/mol. The number of nitrogen functional groups attached to an aromatic ring is 1. The van der Waals surface area contributed by atoms with Gasteiger partial charge < -0.3 is 11.1 Å². The summed E-state index contributed by atoms with van der Waals surface area (Å²) in [6, 6.07) is 7.49. The van der Waals surface area contributed by atoms with Crippen molar-refractivity contribution in [3.05, 3.63) is 29.8 Å². The van der Waals surface area contributed by atoms with Gasteiger partial charge in [-0.3, -0.25) is 4.79 Å². The quantitative estimate of drug-likeness (QED) is 0.838. The molecule has 1 amide bonds. The third-order valence-electron chi connectivity index (χ3n) is 6.52. The summed E-state index contributed by atoms with van der Waals surface area (Å²) < 4.78 is 0. The number of carbonyl (C=O) groups is 1. The van der Waals surface area contributed by atoms with Crippen molar-refractivity contribution in [3.8, 4) is 0 Å². The van der Waals surface area contributed by atoms with E-state index in [0.717, 1.165) is 17.8 Å². The van der Waals surface area contributed by atoms with E-state index >= 15 is 0 Å². The van der Waals surface area contributed by atoms with Crippen LogP contribution in [0.4, 0.5) is 5.69 Å². The summed E-state index contributed by atoms with van der Waals surface area (Å²) in [7, 11) is 0. The smallest absolute Gasteiger partial charge is 0.251 e. The molecule has 22 heavy (non-hydrogen) atoms. The summed E-state index contributed by atoms with van der Waals surface area (Å²) >= 11 is 0. The maximum atomic E-state index is 12.5. The first kappa shape index (κ1) is 14.1. The molecule has 3 heteroatoms. The van der Waals surface area contributed by atoms with E-state index in [4.69, 9.17) is 5.73 Å². The zero-order chi connectivity index (χ0) is 15.3. The van der Waals surface area contributed by atoms with E-state index < -0.39 is 0 Å². The summed E-state index contributed by atoms with van der Waals surface area (Å²) in [6.07, 6.45) is 8.29. The van der Waals surface area contributed by atoms with E-state index in [1.54, 1.807) is 12.1 Å². The van der Waals surface area contributed by atoms with Crippen molar-refractivity contribution in [1.82, 2.24) is 5.32 Å². The maximum absolute atomic E-state index is 12.5. The molecule has 0 radical (unpaired) electrons.